The lowest BCUT2D eigenvalue weighted by atomic mass is 10.4. The lowest BCUT2D eigenvalue weighted by Gasteiger charge is -2.26. The van der Waals surface area contributed by atoms with Gasteiger partial charge < -0.3 is 5.32 Å². The summed E-state index contributed by atoms with van der Waals surface area (Å²) in [5.41, 5.74) is 0. The van der Waals surface area contributed by atoms with Crippen LogP contribution in [0.4, 0.5) is 0 Å². The molecule has 0 bridgehead atoms. The molecule has 0 aromatic rings. The molecule has 1 saturated heterocycles. The smallest absolute Gasteiger partial charge is 0.314 e. The van der Waals surface area contributed by atoms with E-state index >= 15 is 0 Å². The van der Waals surface area contributed by atoms with Crippen LogP contribution in [0, 0.1) is 0 Å². The molecule has 1 aliphatic heterocycles. The Labute approximate surface area is 69.4 Å². The van der Waals surface area contributed by atoms with Gasteiger partial charge >= 0.3 is 7.82 Å². The van der Waals surface area contributed by atoms with Gasteiger partial charge in [0.1, 0.15) is 0 Å². The van der Waals surface area contributed by atoms with E-state index < -0.39 is 7.82 Å². The minimum atomic E-state index is -4.29. The quantitative estimate of drug-likeness (QED) is 0.317. The summed E-state index contributed by atoms with van der Waals surface area (Å²) in [5, 5.41) is 12.2. The molecule has 12 heavy (non-hydrogen) atoms. The highest BCUT2D eigenvalue weighted by molar-refractivity contribution is 7.47. The maximum atomic E-state index is 10.6. The van der Waals surface area contributed by atoms with E-state index in [1.807, 2.05) is 0 Å². The zero-order chi connectivity index (χ0) is 9.03. The Morgan fingerprint density at radius 3 is 2.50 bits per heavy atom. The van der Waals surface area contributed by atoms with Crippen LogP contribution in [0.5, 0.6) is 0 Å². The third kappa shape index (κ3) is 3.16. The SMILES string of the molecule is O=P(O)(OO)ON1CCNCC1. The Morgan fingerprint density at radius 1 is 1.42 bits per heavy atom. The second kappa shape index (κ2) is 4.29. The summed E-state index contributed by atoms with van der Waals surface area (Å²) in [5.74, 6) is 0. The summed E-state index contributed by atoms with van der Waals surface area (Å²) >= 11 is 0. The van der Waals surface area contributed by atoms with Crippen LogP contribution >= 0.6 is 7.82 Å². The van der Waals surface area contributed by atoms with Crippen molar-refractivity contribution in [2.24, 2.45) is 0 Å². The largest absolute Gasteiger partial charge is 0.516 e. The first-order valence-corrected chi connectivity index (χ1v) is 4.95. The maximum absolute atomic E-state index is 10.6. The summed E-state index contributed by atoms with van der Waals surface area (Å²) in [6, 6.07) is 0. The van der Waals surface area contributed by atoms with Crippen molar-refractivity contribution < 1.29 is 24.0 Å². The van der Waals surface area contributed by atoms with Crippen LogP contribution in [0.2, 0.25) is 0 Å². The zero-order valence-corrected chi connectivity index (χ0v) is 7.24. The number of nitrogens with zero attached hydrogens (tertiary/aromatic N) is 1. The molecule has 7 nitrogen and oxygen atoms in total. The number of hydrogen-bond donors (Lipinski definition) is 3. The van der Waals surface area contributed by atoms with E-state index in [-0.39, 0.29) is 0 Å². The van der Waals surface area contributed by atoms with Crippen molar-refractivity contribution in [1.29, 1.82) is 0 Å². The third-order valence-electron chi connectivity index (χ3n) is 1.40. The monoisotopic (exact) mass is 198 g/mol. The van der Waals surface area contributed by atoms with E-state index in [9.17, 15) is 4.57 Å². The van der Waals surface area contributed by atoms with Crippen LogP contribution in [0.3, 0.4) is 0 Å². The molecule has 1 heterocycles. The van der Waals surface area contributed by atoms with Crippen molar-refractivity contribution in [2.45, 2.75) is 0 Å². The predicted molar refractivity (Wildman–Crippen MR) is 39.1 cm³/mol. The van der Waals surface area contributed by atoms with Gasteiger partial charge in [-0.25, -0.2) is 9.82 Å². The summed E-state index contributed by atoms with van der Waals surface area (Å²) in [6.07, 6.45) is 0. The molecule has 72 valence electrons. The normalized spacial score (nSPS) is 25.2. The summed E-state index contributed by atoms with van der Waals surface area (Å²) in [4.78, 5) is 8.67. The first-order chi connectivity index (χ1) is 5.64. The highest BCUT2D eigenvalue weighted by Gasteiger charge is 2.26. The van der Waals surface area contributed by atoms with Crippen molar-refractivity contribution in [2.75, 3.05) is 26.2 Å². The van der Waals surface area contributed by atoms with Crippen LogP contribution in [0.25, 0.3) is 0 Å². The molecule has 0 aromatic carbocycles. The number of nitrogens with one attached hydrogen (secondary N) is 1. The Bertz CT molecular complexity index is 182. The number of hydrogen-bond acceptors (Lipinski definition) is 6. The Hall–Kier alpha value is -0.0100. The highest BCUT2D eigenvalue weighted by atomic mass is 31.2. The van der Waals surface area contributed by atoms with Gasteiger partial charge in [-0.3, -0.25) is 4.89 Å². The van der Waals surface area contributed by atoms with E-state index in [0.717, 1.165) is 0 Å². The molecule has 1 unspecified atom stereocenters. The molecule has 1 atom stereocenters. The van der Waals surface area contributed by atoms with Crippen LogP contribution in [0.15, 0.2) is 0 Å². The van der Waals surface area contributed by atoms with E-state index in [4.69, 9.17) is 10.2 Å². The number of phosphoric acid groups is 1. The van der Waals surface area contributed by atoms with Gasteiger partial charge in [0.2, 0.25) is 0 Å². The number of rotatable bonds is 3. The fourth-order valence-electron chi connectivity index (χ4n) is 0.887. The second-order valence-corrected chi connectivity index (χ2v) is 3.57. The van der Waals surface area contributed by atoms with E-state index in [2.05, 4.69) is 14.6 Å². The average molecular weight is 198 g/mol. The minimum Gasteiger partial charge on any atom is -0.314 e. The van der Waals surface area contributed by atoms with Gasteiger partial charge in [-0.2, -0.15) is 9.69 Å². The summed E-state index contributed by atoms with van der Waals surface area (Å²) in [6.45, 7) is 2.30. The minimum absolute atomic E-state index is 0.480. The molecule has 1 rings (SSSR count). The van der Waals surface area contributed by atoms with Crippen LogP contribution < -0.4 is 5.32 Å². The lowest BCUT2D eigenvalue weighted by molar-refractivity contribution is -0.193. The Kier molecular flexibility index (Phi) is 3.60. The van der Waals surface area contributed by atoms with Gasteiger partial charge in [-0.05, 0) is 0 Å². The van der Waals surface area contributed by atoms with Gasteiger partial charge in [-0.1, -0.05) is 0 Å². The van der Waals surface area contributed by atoms with Crippen LogP contribution in [0.1, 0.15) is 0 Å². The molecule has 0 saturated carbocycles. The molecule has 0 aliphatic carbocycles. The molecule has 0 radical (unpaired) electrons. The van der Waals surface area contributed by atoms with E-state index in [1.165, 1.54) is 5.06 Å². The molecule has 3 N–H and O–H groups in total. The van der Waals surface area contributed by atoms with Crippen LogP contribution in [-0.2, 0) is 13.9 Å². The molecule has 0 amide bonds. The molecule has 0 aromatic heterocycles. The first kappa shape index (κ1) is 10.1. The Morgan fingerprint density at radius 2 is 2.00 bits per heavy atom. The topological polar surface area (TPSA) is 91.3 Å². The fourth-order valence-corrected chi connectivity index (χ4v) is 1.37. The third-order valence-corrected chi connectivity index (χ3v) is 2.04. The van der Waals surface area contributed by atoms with Gasteiger partial charge in [0.25, 0.3) is 0 Å². The summed E-state index contributed by atoms with van der Waals surface area (Å²) in [7, 11) is -4.29. The molecule has 0 spiro atoms. The van der Waals surface area contributed by atoms with Crippen molar-refractivity contribution in [1.82, 2.24) is 10.4 Å². The molecular formula is C4H11N2O5P. The highest BCUT2D eigenvalue weighted by Crippen LogP contribution is 2.42. The fraction of sp³-hybridized carbons (Fsp3) is 1.00. The van der Waals surface area contributed by atoms with Gasteiger partial charge in [0.15, 0.2) is 0 Å². The van der Waals surface area contributed by atoms with Crippen molar-refractivity contribution in [3.8, 4) is 0 Å². The molecule has 1 aliphatic rings. The number of hydroxylamine groups is 2. The standard InChI is InChI=1S/C4H11N2O5P/c7-11-12(8,9)10-6-3-1-5-2-4-6/h5,7H,1-4H2,(H,8,9). The number of piperazine rings is 1. The van der Waals surface area contributed by atoms with Crippen LogP contribution in [-0.4, -0.2) is 41.4 Å². The van der Waals surface area contributed by atoms with Gasteiger partial charge in [-0.15, -0.1) is 4.67 Å². The average Bonchev–Trinajstić information content (AvgIpc) is 2.06. The Balaban J connectivity index is 2.34. The van der Waals surface area contributed by atoms with E-state index in [0.29, 0.717) is 26.2 Å². The van der Waals surface area contributed by atoms with Crippen molar-refractivity contribution in [3.05, 3.63) is 0 Å². The zero-order valence-electron chi connectivity index (χ0n) is 6.34. The first-order valence-electron chi connectivity index (χ1n) is 3.45. The van der Waals surface area contributed by atoms with E-state index in [1.54, 1.807) is 0 Å². The summed E-state index contributed by atoms with van der Waals surface area (Å²) < 4.78 is 18.4. The maximum Gasteiger partial charge on any atom is 0.516 e. The van der Waals surface area contributed by atoms with Crippen molar-refractivity contribution >= 4 is 7.82 Å². The predicted octanol–water partition coefficient (Wildman–Crippen LogP) is -0.587. The van der Waals surface area contributed by atoms with Gasteiger partial charge in [0, 0.05) is 26.2 Å². The molecule has 1 fully saturated rings. The van der Waals surface area contributed by atoms with Gasteiger partial charge in [0.05, 0.1) is 0 Å². The second-order valence-electron chi connectivity index (χ2n) is 2.31. The molecular weight excluding hydrogens is 187 g/mol. The lowest BCUT2D eigenvalue weighted by Crippen LogP contribution is -2.42. The molecule has 8 heteroatoms. The van der Waals surface area contributed by atoms with Crippen molar-refractivity contribution in [3.63, 3.8) is 0 Å².